The molecule has 0 fully saturated rings. The highest BCUT2D eigenvalue weighted by molar-refractivity contribution is 6.33. The SMILES string of the molecule is Nc1ccc(C(=O)CC2Cc3ccccc32)cc1Cl. The Labute approximate surface area is 117 Å². The van der Waals surface area contributed by atoms with Gasteiger partial charge in [-0.3, -0.25) is 4.79 Å². The van der Waals surface area contributed by atoms with E-state index in [-0.39, 0.29) is 5.78 Å². The number of Topliss-reactive ketones (excluding diaryl/α,β-unsaturated/α-hetero) is 1. The van der Waals surface area contributed by atoms with Gasteiger partial charge in [-0.15, -0.1) is 0 Å². The molecule has 0 aromatic heterocycles. The largest absolute Gasteiger partial charge is 0.398 e. The molecule has 0 spiro atoms. The van der Waals surface area contributed by atoms with Crippen molar-refractivity contribution in [2.75, 3.05) is 5.73 Å². The van der Waals surface area contributed by atoms with E-state index in [9.17, 15) is 4.79 Å². The molecule has 2 nitrogen and oxygen atoms in total. The fraction of sp³-hybridized carbons (Fsp3) is 0.188. The Morgan fingerprint density at radius 2 is 2.05 bits per heavy atom. The lowest BCUT2D eigenvalue weighted by atomic mass is 9.74. The zero-order valence-corrected chi connectivity index (χ0v) is 11.2. The first-order valence-corrected chi connectivity index (χ1v) is 6.69. The number of carbonyl (C=O) groups excluding carboxylic acids is 1. The lowest BCUT2D eigenvalue weighted by Crippen LogP contribution is -2.20. The van der Waals surface area contributed by atoms with Gasteiger partial charge in [0.15, 0.2) is 5.78 Å². The summed E-state index contributed by atoms with van der Waals surface area (Å²) in [6.07, 6.45) is 1.53. The summed E-state index contributed by atoms with van der Waals surface area (Å²) in [6, 6.07) is 13.4. The van der Waals surface area contributed by atoms with E-state index >= 15 is 0 Å². The van der Waals surface area contributed by atoms with E-state index in [1.807, 2.05) is 12.1 Å². The van der Waals surface area contributed by atoms with Gasteiger partial charge in [-0.1, -0.05) is 35.9 Å². The molecule has 1 atom stereocenters. The normalized spacial score (nSPS) is 16.6. The summed E-state index contributed by atoms with van der Waals surface area (Å²) in [5.41, 5.74) is 9.46. The van der Waals surface area contributed by atoms with Gasteiger partial charge in [0, 0.05) is 12.0 Å². The maximum Gasteiger partial charge on any atom is 0.163 e. The quantitative estimate of drug-likeness (QED) is 0.681. The van der Waals surface area contributed by atoms with Crippen LogP contribution >= 0.6 is 11.6 Å². The molecule has 2 aromatic carbocycles. The van der Waals surface area contributed by atoms with Crippen molar-refractivity contribution in [2.24, 2.45) is 0 Å². The average molecular weight is 272 g/mol. The van der Waals surface area contributed by atoms with Crippen LogP contribution in [0.1, 0.15) is 33.8 Å². The smallest absolute Gasteiger partial charge is 0.163 e. The van der Waals surface area contributed by atoms with E-state index in [1.54, 1.807) is 18.2 Å². The lowest BCUT2D eigenvalue weighted by molar-refractivity contribution is 0.0970. The van der Waals surface area contributed by atoms with Gasteiger partial charge in [-0.05, 0) is 41.7 Å². The first-order valence-electron chi connectivity index (χ1n) is 6.31. The monoisotopic (exact) mass is 271 g/mol. The Bertz CT molecular complexity index is 651. The van der Waals surface area contributed by atoms with Crippen LogP contribution < -0.4 is 5.73 Å². The molecule has 19 heavy (non-hydrogen) atoms. The van der Waals surface area contributed by atoms with Crippen molar-refractivity contribution in [1.82, 2.24) is 0 Å². The highest BCUT2D eigenvalue weighted by atomic mass is 35.5. The fourth-order valence-electron chi connectivity index (χ4n) is 2.59. The maximum atomic E-state index is 12.2. The van der Waals surface area contributed by atoms with Crippen LogP contribution in [0.25, 0.3) is 0 Å². The predicted molar refractivity (Wildman–Crippen MR) is 77.7 cm³/mol. The summed E-state index contributed by atoms with van der Waals surface area (Å²) >= 11 is 5.95. The number of ketones is 1. The standard InChI is InChI=1S/C16H14ClNO/c17-14-8-11(5-6-15(14)18)16(19)9-12-7-10-3-1-2-4-13(10)12/h1-6,8,12H,7,9,18H2. The Morgan fingerprint density at radius 1 is 1.26 bits per heavy atom. The highest BCUT2D eigenvalue weighted by Crippen LogP contribution is 2.38. The third kappa shape index (κ3) is 2.24. The first-order chi connectivity index (χ1) is 9.15. The second kappa shape index (κ2) is 4.71. The molecule has 1 aliphatic rings. The van der Waals surface area contributed by atoms with E-state index < -0.39 is 0 Å². The summed E-state index contributed by atoms with van der Waals surface area (Å²) in [7, 11) is 0. The number of fused-ring (bicyclic) bond motifs is 1. The molecule has 3 rings (SSSR count). The molecule has 96 valence electrons. The molecule has 1 unspecified atom stereocenters. The van der Waals surface area contributed by atoms with Crippen molar-refractivity contribution in [2.45, 2.75) is 18.8 Å². The van der Waals surface area contributed by atoms with Crippen molar-refractivity contribution in [3.8, 4) is 0 Å². The second-order valence-electron chi connectivity index (χ2n) is 4.96. The molecule has 0 saturated heterocycles. The van der Waals surface area contributed by atoms with Gasteiger partial charge in [0.1, 0.15) is 0 Å². The molecule has 0 aliphatic heterocycles. The topological polar surface area (TPSA) is 43.1 Å². The summed E-state index contributed by atoms with van der Waals surface area (Å²) < 4.78 is 0. The number of anilines is 1. The Balaban J connectivity index is 1.75. The van der Waals surface area contributed by atoms with Crippen molar-refractivity contribution in [1.29, 1.82) is 0 Å². The molecule has 0 heterocycles. The predicted octanol–water partition coefficient (Wildman–Crippen LogP) is 3.83. The molecule has 2 aromatic rings. The Morgan fingerprint density at radius 3 is 2.79 bits per heavy atom. The van der Waals surface area contributed by atoms with Crippen LogP contribution in [0, 0.1) is 0 Å². The number of nitrogen functional groups attached to an aromatic ring is 1. The van der Waals surface area contributed by atoms with E-state index in [0.717, 1.165) is 6.42 Å². The van der Waals surface area contributed by atoms with Crippen LogP contribution in [0.5, 0.6) is 0 Å². The van der Waals surface area contributed by atoms with Crippen LogP contribution in [0.2, 0.25) is 5.02 Å². The number of halogens is 1. The van der Waals surface area contributed by atoms with Gasteiger partial charge in [0.05, 0.1) is 10.7 Å². The number of rotatable bonds is 3. The van der Waals surface area contributed by atoms with E-state index in [2.05, 4.69) is 12.1 Å². The van der Waals surface area contributed by atoms with E-state index in [0.29, 0.717) is 28.6 Å². The third-order valence-electron chi connectivity index (χ3n) is 3.72. The number of benzene rings is 2. The number of nitrogens with two attached hydrogens (primary N) is 1. The molecular weight excluding hydrogens is 258 g/mol. The van der Waals surface area contributed by atoms with Crippen LogP contribution in [-0.2, 0) is 6.42 Å². The van der Waals surface area contributed by atoms with Gasteiger partial charge in [0.2, 0.25) is 0 Å². The fourth-order valence-corrected chi connectivity index (χ4v) is 2.77. The third-order valence-corrected chi connectivity index (χ3v) is 4.04. The minimum atomic E-state index is 0.126. The van der Waals surface area contributed by atoms with Crippen molar-refractivity contribution in [3.63, 3.8) is 0 Å². The van der Waals surface area contributed by atoms with Gasteiger partial charge < -0.3 is 5.73 Å². The lowest BCUT2D eigenvalue weighted by Gasteiger charge is -2.29. The van der Waals surface area contributed by atoms with Crippen LogP contribution in [0.15, 0.2) is 42.5 Å². The molecule has 0 bridgehead atoms. The zero-order valence-electron chi connectivity index (χ0n) is 10.4. The summed E-state index contributed by atoms with van der Waals surface area (Å²) in [5.74, 6) is 0.474. The van der Waals surface area contributed by atoms with Gasteiger partial charge in [-0.2, -0.15) is 0 Å². The second-order valence-corrected chi connectivity index (χ2v) is 5.37. The van der Waals surface area contributed by atoms with Gasteiger partial charge >= 0.3 is 0 Å². The molecule has 0 saturated carbocycles. The average Bonchev–Trinajstić information content (AvgIpc) is 2.39. The van der Waals surface area contributed by atoms with E-state index in [1.165, 1.54) is 11.1 Å². The number of hydrogen-bond donors (Lipinski definition) is 1. The minimum Gasteiger partial charge on any atom is -0.398 e. The van der Waals surface area contributed by atoms with E-state index in [4.69, 9.17) is 17.3 Å². The first kappa shape index (κ1) is 12.2. The molecule has 3 heteroatoms. The summed E-state index contributed by atoms with van der Waals surface area (Å²) in [4.78, 5) is 12.2. The number of hydrogen-bond acceptors (Lipinski definition) is 2. The molecule has 0 radical (unpaired) electrons. The Kier molecular flexibility index (Phi) is 3.03. The molecular formula is C16H14ClNO. The molecule has 2 N–H and O–H groups in total. The van der Waals surface area contributed by atoms with Gasteiger partial charge in [0.25, 0.3) is 0 Å². The van der Waals surface area contributed by atoms with Crippen molar-refractivity contribution < 1.29 is 4.79 Å². The summed E-state index contributed by atoms with van der Waals surface area (Å²) in [5, 5.41) is 0.444. The number of carbonyl (C=O) groups is 1. The highest BCUT2D eigenvalue weighted by Gasteiger charge is 2.27. The molecule has 0 amide bonds. The summed E-state index contributed by atoms with van der Waals surface area (Å²) in [6.45, 7) is 0. The minimum absolute atomic E-state index is 0.126. The van der Waals surface area contributed by atoms with Crippen LogP contribution in [0.4, 0.5) is 5.69 Å². The van der Waals surface area contributed by atoms with Crippen molar-refractivity contribution >= 4 is 23.1 Å². The van der Waals surface area contributed by atoms with Gasteiger partial charge in [-0.25, -0.2) is 0 Å². The van der Waals surface area contributed by atoms with Crippen LogP contribution in [-0.4, -0.2) is 5.78 Å². The maximum absolute atomic E-state index is 12.2. The Hall–Kier alpha value is -1.80. The van der Waals surface area contributed by atoms with Crippen molar-refractivity contribution in [3.05, 3.63) is 64.2 Å². The van der Waals surface area contributed by atoms with Crippen LogP contribution in [0.3, 0.4) is 0 Å². The zero-order chi connectivity index (χ0) is 13.4. The molecule has 1 aliphatic carbocycles.